The molecule has 1 fully saturated rings. The second-order valence-electron chi connectivity index (χ2n) is 3.56. The molecule has 2 N–H and O–H groups in total. The number of nitrogens with one attached hydrogen (secondary N) is 1. The predicted molar refractivity (Wildman–Crippen MR) is 46.0 cm³/mol. The zero-order valence-electron chi connectivity index (χ0n) is 7.16. The molecule has 1 aliphatic rings. The molecule has 0 aromatic rings. The number of hydrogen-bond acceptors (Lipinski definition) is 2. The molecule has 1 heterocycles. The van der Waals surface area contributed by atoms with E-state index >= 15 is 0 Å². The maximum atomic E-state index is 10.9. The largest absolute Gasteiger partial charge is 0.356 e. The van der Waals surface area contributed by atoms with Crippen LogP contribution in [0.25, 0.3) is 0 Å². The first-order valence-corrected chi connectivity index (χ1v) is 4.93. The maximum absolute atomic E-state index is 10.9. The smallest absolute Gasteiger partial charge is 0.220 e. The van der Waals surface area contributed by atoms with Crippen LogP contribution in [0.2, 0.25) is 0 Å². The normalized spacial score (nSPS) is 26.9. The number of hydrogen-bond donors (Lipinski definition) is 2. The van der Waals surface area contributed by atoms with Crippen LogP contribution in [0.1, 0.15) is 20.3 Å². The average molecular weight is 191 g/mol. The molecule has 0 aliphatic carbocycles. The molecule has 2 atom stereocenters. The molecule has 0 aromatic carbocycles. The molecule has 1 amide bonds. The lowest BCUT2D eigenvalue weighted by atomic mass is 9.94. The fraction of sp³-hybridized carbons (Fsp3) is 0.857. The second-order valence-corrected chi connectivity index (χ2v) is 5.11. The van der Waals surface area contributed by atoms with Crippen LogP contribution >= 0.6 is 0 Å². The van der Waals surface area contributed by atoms with Crippen molar-refractivity contribution in [2.45, 2.75) is 25.0 Å². The maximum Gasteiger partial charge on any atom is 0.220 e. The van der Waals surface area contributed by atoms with Crippen molar-refractivity contribution in [1.29, 1.82) is 0 Å². The Morgan fingerprint density at radius 1 is 1.67 bits per heavy atom. The van der Waals surface area contributed by atoms with Crippen LogP contribution in [0.4, 0.5) is 0 Å². The van der Waals surface area contributed by atoms with E-state index in [1.807, 2.05) is 0 Å². The van der Waals surface area contributed by atoms with E-state index in [2.05, 4.69) is 5.32 Å². The second kappa shape index (κ2) is 3.14. The summed E-state index contributed by atoms with van der Waals surface area (Å²) >= 11 is -1.87. The molecule has 0 saturated carbocycles. The van der Waals surface area contributed by atoms with E-state index in [1.54, 1.807) is 13.8 Å². The highest BCUT2D eigenvalue weighted by Gasteiger charge is 2.39. The summed E-state index contributed by atoms with van der Waals surface area (Å²) in [5.41, 5.74) is 0. The minimum atomic E-state index is -1.87. The van der Waals surface area contributed by atoms with Crippen molar-refractivity contribution in [3.63, 3.8) is 0 Å². The first kappa shape index (κ1) is 9.67. The Hall–Kier alpha value is -0.420. The number of rotatable bonds is 2. The van der Waals surface area contributed by atoms with Crippen LogP contribution in [0.15, 0.2) is 0 Å². The molecule has 5 heteroatoms. The van der Waals surface area contributed by atoms with Gasteiger partial charge in [-0.3, -0.25) is 4.79 Å². The Morgan fingerprint density at radius 2 is 2.25 bits per heavy atom. The highest BCUT2D eigenvalue weighted by Crippen LogP contribution is 2.27. The Kier molecular flexibility index (Phi) is 2.53. The molecule has 1 aliphatic heterocycles. The summed E-state index contributed by atoms with van der Waals surface area (Å²) in [6.45, 7) is 3.92. The van der Waals surface area contributed by atoms with Crippen molar-refractivity contribution >= 4 is 17.0 Å². The van der Waals surface area contributed by atoms with Crippen LogP contribution in [-0.2, 0) is 15.9 Å². The third-order valence-corrected chi connectivity index (χ3v) is 3.64. The van der Waals surface area contributed by atoms with Gasteiger partial charge in [-0.1, -0.05) is 0 Å². The number of carbonyl (C=O) groups excluding carboxylic acids is 1. The van der Waals surface area contributed by atoms with Gasteiger partial charge in [-0.05, 0) is 13.8 Å². The van der Waals surface area contributed by atoms with Gasteiger partial charge in [0.05, 0.1) is 4.75 Å². The van der Waals surface area contributed by atoms with E-state index < -0.39 is 15.8 Å². The zero-order valence-corrected chi connectivity index (χ0v) is 7.98. The monoisotopic (exact) mass is 191 g/mol. The van der Waals surface area contributed by atoms with Crippen molar-refractivity contribution in [2.24, 2.45) is 5.92 Å². The van der Waals surface area contributed by atoms with Gasteiger partial charge >= 0.3 is 0 Å². The Balaban J connectivity index is 2.70. The van der Waals surface area contributed by atoms with Crippen LogP contribution in [0, 0.1) is 5.92 Å². The lowest BCUT2D eigenvalue weighted by Gasteiger charge is -2.25. The van der Waals surface area contributed by atoms with Gasteiger partial charge in [-0.15, -0.1) is 0 Å². The molecule has 0 bridgehead atoms. The number of carbonyl (C=O) groups is 1. The van der Waals surface area contributed by atoms with Crippen molar-refractivity contribution in [1.82, 2.24) is 5.32 Å². The van der Waals surface area contributed by atoms with Crippen molar-refractivity contribution in [3.05, 3.63) is 0 Å². The summed E-state index contributed by atoms with van der Waals surface area (Å²) in [7, 11) is 0. The highest BCUT2D eigenvalue weighted by atomic mass is 32.2. The van der Waals surface area contributed by atoms with E-state index in [0.29, 0.717) is 13.0 Å². The molecular weight excluding hydrogens is 178 g/mol. The molecule has 1 saturated heterocycles. The Labute approximate surface area is 74.0 Å². The van der Waals surface area contributed by atoms with Crippen LogP contribution in [-0.4, -0.2) is 26.0 Å². The molecular formula is C7H13NO3S. The molecule has 0 spiro atoms. The van der Waals surface area contributed by atoms with Gasteiger partial charge in [-0.25, -0.2) is 4.21 Å². The van der Waals surface area contributed by atoms with Crippen LogP contribution in [0.3, 0.4) is 0 Å². The van der Waals surface area contributed by atoms with E-state index in [1.165, 1.54) is 0 Å². The standard InChI is InChI=1S/C7H13NO3S/c1-7(2,12(10)11)5-3-6(9)8-4-5/h5H,3-4H2,1-2H3,(H,8,9)(H,10,11)/t5-/m0/s1. The fourth-order valence-electron chi connectivity index (χ4n) is 1.24. The average Bonchev–Trinajstić information content (AvgIpc) is 2.35. The molecule has 1 unspecified atom stereocenters. The van der Waals surface area contributed by atoms with E-state index in [-0.39, 0.29) is 11.8 Å². The summed E-state index contributed by atoms with van der Waals surface area (Å²) in [4.78, 5) is 10.8. The summed E-state index contributed by atoms with van der Waals surface area (Å²) in [6, 6.07) is 0. The Bertz CT molecular complexity index is 227. The fourth-order valence-corrected chi connectivity index (χ4v) is 1.69. The van der Waals surface area contributed by atoms with Gasteiger partial charge < -0.3 is 9.87 Å². The summed E-state index contributed by atoms with van der Waals surface area (Å²) in [5.74, 6) is -0.0608. The molecule has 70 valence electrons. The molecule has 4 nitrogen and oxygen atoms in total. The SMILES string of the molecule is CC(C)([C@@H]1CNC(=O)C1)S(=O)O. The third-order valence-electron chi connectivity index (χ3n) is 2.41. The lowest BCUT2D eigenvalue weighted by molar-refractivity contribution is -0.119. The topological polar surface area (TPSA) is 66.4 Å². The van der Waals surface area contributed by atoms with E-state index in [9.17, 15) is 9.00 Å². The van der Waals surface area contributed by atoms with E-state index in [0.717, 1.165) is 0 Å². The van der Waals surface area contributed by atoms with Gasteiger partial charge in [0.1, 0.15) is 0 Å². The van der Waals surface area contributed by atoms with E-state index in [4.69, 9.17) is 4.55 Å². The van der Waals surface area contributed by atoms with Crippen molar-refractivity contribution < 1.29 is 13.6 Å². The van der Waals surface area contributed by atoms with Gasteiger partial charge in [0.2, 0.25) is 5.91 Å². The van der Waals surface area contributed by atoms with Gasteiger partial charge in [0, 0.05) is 18.9 Å². The van der Waals surface area contributed by atoms with Gasteiger partial charge in [-0.2, -0.15) is 0 Å². The highest BCUT2D eigenvalue weighted by molar-refractivity contribution is 7.80. The predicted octanol–water partition coefficient (Wildman–Crippen LogP) is 0.123. The molecule has 0 aromatic heterocycles. The first-order chi connectivity index (χ1) is 5.44. The lowest BCUT2D eigenvalue weighted by Crippen LogP contribution is -2.37. The summed E-state index contributed by atoms with van der Waals surface area (Å²) in [6.07, 6.45) is 0.360. The van der Waals surface area contributed by atoms with Gasteiger partial charge in [0.25, 0.3) is 0 Å². The van der Waals surface area contributed by atoms with Crippen LogP contribution < -0.4 is 5.32 Å². The quantitative estimate of drug-likeness (QED) is 0.609. The van der Waals surface area contributed by atoms with Gasteiger partial charge in [0.15, 0.2) is 11.1 Å². The van der Waals surface area contributed by atoms with Crippen LogP contribution in [0.5, 0.6) is 0 Å². The summed E-state index contributed by atoms with van der Waals surface area (Å²) < 4.78 is 19.2. The summed E-state index contributed by atoms with van der Waals surface area (Å²) in [5, 5.41) is 2.65. The Morgan fingerprint density at radius 3 is 2.58 bits per heavy atom. The molecule has 12 heavy (non-hydrogen) atoms. The van der Waals surface area contributed by atoms with Crippen molar-refractivity contribution in [3.8, 4) is 0 Å². The third kappa shape index (κ3) is 1.67. The first-order valence-electron chi connectivity index (χ1n) is 3.82. The minimum absolute atomic E-state index is 0.0291. The van der Waals surface area contributed by atoms with Crippen molar-refractivity contribution in [2.75, 3.05) is 6.54 Å². The minimum Gasteiger partial charge on any atom is -0.356 e. The number of amides is 1. The molecule has 0 radical (unpaired) electrons. The molecule has 1 rings (SSSR count). The zero-order chi connectivity index (χ0) is 9.35.